The smallest absolute Gasteiger partial charge is 0.327 e. The van der Waals surface area contributed by atoms with Gasteiger partial charge in [-0.2, -0.15) is 0 Å². The maximum atomic E-state index is 14.2. The van der Waals surface area contributed by atoms with E-state index < -0.39 is 46.6 Å². The molecule has 2 amide bonds. The number of para-hydroxylation sites is 1. The van der Waals surface area contributed by atoms with Gasteiger partial charge in [-0.15, -0.1) is 11.3 Å². The van der Waals surface area contributed by atoms with Gasteiger partial charge in [-0.05, 0) is 60.7 Å². The van der Waals surface area contributed by atoms with Crippen LogP contribution in [0.1, 0.15) is 44.3 Å². The number of carboxylic acids is 1. The molecule has 4 aromatic rings. The largest absolute Gasteiger partial charge is 0.480 e. The number of urea groups is 1. The number of carbonyl (C=O) groups excluding carboxylic acids is 2. The molecule has 1 aliphatic rings. The zero-order valence-electron chi connectivity index (χ0n) is 21.5. The van der Waals surface area contributed by atoms with Crippen LogP contribution in [0.2, 0.25) is 0 Å². The third kappa shape index (κ3) is 4.87. The molecule has 1 saturated heterocycles. The van der Waals surface area contributed by atoms with E-state index in [4.69, 9.17) is 4.42 Å². The van der Waals surface area contributed by atoms with Gasteiger partial charge in [0.25, 0.3) is 5.69 Å². The fourth-order valence-corrected chi connectivity index (χ4v) is 6.51. The monoisotopic (exact) mass is 559 g/mol. The standard InChI is InChI=1S/C29H25N3O7S/c1-16-13-14-40-27(16)23-22(26(33)21-12-11-17(2)39-21)24(18-7-6-10-20(15-18)32(37)38)31(25(23)28(34)35)29(36)30-19-8-4-3-5-9-19/h3-15,22-25H,1-2H3,(H,30,36)(H,34,35). The highest BCUT2D eigenvalue weighted by atomic mass is 32.1. The van der Waals surface area contributed by atoms with Crippen LogP contribution in [-0.4, -0.2) is 38.8 Å². The number of rotatable bonds is 7. The van der Waals surface area contributed by atoms with Gasteiger partial charge >= 0.3 is 12.0 Å². The number of furan rings is 1. The van der Waals surface area contributed by atoms with Crippen molar-refractivity contribution in [1.82, 2.24) is 4.90 Å². The van der Waals surface area contributed by atoms with E-state index >= 15 is 0 Å². The number of nitrogens with one attached hydrogen (secondary N) is 1. The van der Waals surface area contributed by atoms with Crippen LogP contribution in [0.25, 0.3) is 0 Å². The lowest BCUT2D eigenvalue weighted by atomic mass is 9.79. The first-order valence-corrected chi connectivity index (χ1v) is 13.3. The fourth-order valence-electron chi connectivity index (χ4n) is 5.41. The molecule has 1 aliphatic heterocycles. The Bertz CT molecular complexity index is 1600. The average Bonchev–Trinajstić information content (AvgIpc) is 3.65. The van der Waals surface area contributed by atoms with E-state index in [-0.39, 0.29) is 17.0 Å². The van der Waals surface area contributed by atoms with Crippen molar-refractivity contribution in [2.45, 2.75) is 31.8 Å². The van der Waals surface area contributed by atoms with Crippen LogP contribution in [0, 0.1) is 29.9 Å². The van der Waals surface area contributed by atoms with Gasteiger partial charge in [0.1, 0.15) is 11.8 Å². The summed E-state index contributed by atoms with van der Waals surface area (Å²) in [6, 6.07) is 15.7. The molecule has 0 saturated carbocycles. The molecule has 4 unspecified atom stereocenters. The van der Waals surface area contributed by atoms with Gasteiger partial charge < -0.3 is 19.7 Å². The molecule has 40 heavy (non-hydrogen) atoms. The molecule has 3 heterocycles. The highest BCUT2D eigenvalue weighted by Gasteiger charge is 2.59. The van der Waals surface area contributed by atoms with Crippen molar-refractivity contribution in [2.24, 2.45) is 5.92 Å². The number of amides is 2. The Balaban J connectivity index is 1.75. The van der Waals surface area contributed by atoms with Crippen molar-refractivity contribution in [3.05, 3.63) is 116 Å². The van der Waals surface area contributed by atoms with Crippen LogP contribution in [0.5, 0.6) is 0 Å². The number of non-ortho nitro benzene ring substituents is 1. The van der Waals surface area contributed by atoms with Crippen molar-refractivity contribution in [3.63, 3.8) is 0 Å². The van der Waals surface area contributed by atoms with Crippen molar-refractivity contribution in [1.29, 1.82) is 0 Å². The fraction of sp³-hybridized carbons (Fsp3) is 0.207. The number of nitro benzene ring substituents is 1. The number of carbonyl (C=O) groups is 3. The molecular weight excluding hydrogens is 534 g/mol. The summed E-state index contributed by atoms with van der Waals surface area (Å²) in [6.45, 7) is 3.50. The van der Waals surface area contributed by atoms with E-state index in [9.17, 15) is 29.6 Å². The summed E-state index contributed by atoms with van der Waals surface area (Å²) in [5.74, 6) is -3.36. The molecule has 2 aromatic carbocycles. The molecule has 0 bridgehead atoms. The lowest BCUT2D eigenvalue weighted by Gasteiger charge is -2.30. The summed E-state index contributed by atoms with van der Waals surface area (Å²) in [6.07, 6.45) is 0. The molecule has 204 valence electrons. The summed E-state index contributed by atoms with van der Waals surface area (Å²) in [5.41, 5.74) is 1.22. The number of anilines is 1. The Hall–Kier alpha value is -4.77. The first-order chi connectivity index (χ1) is 19.2. The van der Waals surface area contributed by atoms with Gasteiger partial charge in [0.15, 0.2) is 5.76 Å². The minimum absolute atomic E-state index is 0.0200. The molecule has 0 radical (unpaired) electrons. The summed E-state index contributed by atoms with van der Waals surface area (Å²) < 4.78 is 5.67. The van der Waals surface area contributed by atoms with Crippen LogP contribution in [-0.2, 0) is 4.79 Å². The van der Waals surface area contributed by atoms with E-state index in [1.54, 1.807) is 54.8 Å². The molecule has 10 nitrogen and oxygen atoms in total. The number of nitro groups is 1. The van der Waals surface area contributed by atoms with Crippen LogP contribution >= 0.6 is 11.3 Å². The van der Waals surface area contributed by atoms with E-state index in [0.29, 0.717) is 16.3 Å². The van der Waals surface area contributed by atoms with Gasteiger partial charge in [0, 0.05) is 28.6 Å². The van der Waals surface area contributed by atoms with Crippen molar-refractivity contribution < 1.29 is 28.8 Å². The molecule has 2 N–H and O–H groups in total. The zero-order valence-corrected chi connectivity index (χ0v) is 22.3. The summed E-state index contributed by atoms with van der Waals surface area (Å²) in [4.78, 5) is 54.0. The number of nitrogens with zero attached hydrogens (tertiary/aromatic N) is 2. The number of Topliss-reactive ketones (excluding diaryl/α,β-unsaturated/α-hetero) is 1. The summed E-state index contributed by atoms with van der Waals surface area (Å²) >= 11 is 1.30. The molecule has 0 spiro atoms. The number of ketones is 1. The lowest BCUT2D eigenvalue weighted by Crippen LogP contribution is -2.45. The Kier molecular flexibility index (Phi) is 7.22. The van der Waals surface area contributed by atoms with Gasteiger partial charge in [0.2, 0.25) is 5.78 Å². The number of likely N-dealkylation sites (tertiary alicyclic amines) is 1. The zero-order chi connectivity index (χ0) is 28.6. The normalized spacial score (nSPS) is 20.3. The number of carboxylic acid groups (broad SMARTS) is 1. The number of benzene rings is 2. The second kappa shape index (κ2) is 10.8. The predicted octanol–water partition coefficient (Wildman–Crippen LogP) is 6.19. The molecule has 0 aliphatic carbocycles. The van der Waals surface area contributed by atoms with Crippen molar-refractivity contribution >= 4 is 40.5 Å². The number of aryl methyl sites for hydroxylation is 2. The highest BCUT2D eigenvalue weighted by Crippen LogP contribution is 2.53. The summed E-state index contributed by atoms with van der Waals surface area (Å²) in [5, 5.41) is 26.8. The van der Waals surface area contributed by atoms with Crippen LogP contribution in [0.15, 0.2) is 82.6 Å². The van der Waals surface area contributed by atoms with Gasteiger partial charge in [-0.25, -0.2) is 9.59 Å². The molecule has 11 heteroatoms. The number of aliphatic carboxylic acids is 1. The van der Waals surface area contributed by atoms with Gasteiger partial charge in [-0.1, -0.05) is 30.3 Å². The quantitative estimate of drug-likeness (QED) is 0.156. The Morgan fingerprint density at radius 1 is 1.02 bits per heavy atom. The molecule has 1 fully saturated rings. The number of thiophene rings is 1. The van der Waals surface area contributed by atoms with E-state index in [0.717, 1.165) is 10.5 Å². The minimum atomic E-state index is -1.46. The Morgan fingerprint density at radius 3 is 2.38 bits per heavy atom. The Morgan fingerprint density at radius 2 is 1.77 bits per heavy atom. The maximum Gasteiger partial charge on any atom is 0.327 e. The molecule has 5 rings (SSSR count). The second-order valence-corrected chi connectivity index (χ2v) is 10.5. The first-order valence-electron chi connectivity index (χ1n) is 12.4. The van der Waals surface area contributed by atoms with Crippen LogP contribution in [0.3, 0.4) is 0 Å². The third-order valence-electron chi connectivity index (χ3n) is 7.09. The maximum absolute atomic E-state index is 14.2. The molecule has 4 atom stereocenters. The highest BCUT2D eigenvalue weighted by molar-refractivity contribution is 7.10. The van der Waals surface area contributed by atoms with Crippen molar-refractivity contribution in [3.8, 4) is 0 Å². The average molecular weight is 560 g/mol. The van der Waals surface area contributed by atoms with Crippen molar-refractivity contribution in [2.75, 3.05) is 5.32 Å². The van der Waals surface area contributed by atoms with E-state index in [1.807, 2.05) is 13.0 Å². The third-order valence-corrected chi connectivity index (χ3v) is 8.21. The predicted molar refractivity (Wildman–Crippen MR) is 148 cm³/mol. The number of hydrogen-bond acceptors (Lipinski definition) is 7. The SMILES string of the molecule is Cc1ccc(C(=O)C2C(c3sccc3C)C(C(=O)O)N(C(=O)Nc3ccccc3)C2c2cccc([N+](=O)[O-])c2)o1. The summed E-state index contributed by atoms with van der Waals surface area (Å²) in [7, 11) is 0. The topological polar surface area (TPSA) is 143 Å². The molecule has 2 aromatic heterocycles. The lowest BCUT2D eigenvalue weighted by molar-refractivity contribution is -0.385. The van der Waals surface area contributed by atoms with Gasteiger partial charge in [-0.3, -0.25) is 14.9 Å². The Labute approximate surface area is 233 Å². The number of hydrogen-bond donors (Lipinski definition) is 2. The van der Waals surface area contributed by atoms with Crippen LogP contribution in [0.4, 0.5) is 16.2 Å². The van der Waals surface area contributed by atoms with Crippen LogP contribution < -0.4 is 5.32 Å². The minimum Gasteiger partial charge on any atom is -0.480 e. The van der Waals surface area contributed by atoms with E-state index in [2.05, 4.69) is 5.32 Å². The first kappa shape index (κ1) is 26.8. The second-order valence-electron chi connectivity index (χ2n) is 9.58. The molecular formula is C29H25N3O7S. The van der Waals surface area contributed by atoms with E-state index in [1.165, 1.54) is 35.6 Å². The van der Waals surface area contributed by atoms with Gasteiger partial charge in [0.05, 0.1) is 16.9 Å².